The Morgan fingerprint density at radius 1 is 1.06 bits per heavy atom. The molecule has 6 nitrogen and oxygen atoms in total. The summed E-state index contributed by atoms with van der Waals surface area (Å²) in [5, 5.41) is 0.655. The van der Waals surface area contributed by atoms with Gasteiger partial charge in [-0.1, -0.05) is 6.07 Å². The Morgan fingerprint density at radius 2 is 1.78 bits per heavy atom. The van der Waals surface area contributed by atoms with Crippen LogP contribution in [0.5, 0.6) is 5.75 Å². The van der Waals surface area contributed by atoms with Gasteiger partial charge in [0, 0.05) is 24.1 Å². The SMILES string of the molecule is COc1c(-c2nsc3ccc(-n4c(=O)cc(C(F)(F)F)n(C)c4=O)cc23)ccc(C)c1C. The number of methoxy groups -OCH3 is 1. The number of aryl methyl sites for hydroxylation is 1. The maximum absolute atomic E-state index is 13.2. The number of benzene rings is 2. The summed E-state index contributed by atoms with van der Waals surface area (Å²) in [6.45, 7) is 3.90. The Hall–Kier alpha value is -3.40. The van der Waals surface area contributed by atoms with Crippen molar-refractivity contribution in [3.8, 4) is 22.7 Å². The highest BCUT2D eigenvalue weighted by Crippen LogP contribution is 2.39. The fraction of sp³-hybridized carbons (Fsp3) is 0.227. The first-order chi connectivity index (χ1) is 15.0. The van der Waals surface area contributed by atoms with E-state index in [-0.39, 0.29) is 5.69 Å². The second-order valence-corrected chi connectivity index (χ2v) is 8.15. The molecule has 2 aromatic carbocycles. The van der Waals surface area contributed by atoms with Crippen LogP contribution in [0, 0.1) is 13.8 Å². The highest BCUT2D eigenvalue weighted by Gasteiger charge is 2.35. The number of nitrogens with zero attached hydrogens (tertiary/aromatic N) is 3. The number of hydrogen-bond acceptors (Lipinski definition) is 5. The van der Waals surface area contributed by atoms with Crippen LogP contribution in [-0.4, -0.2) is 20.6 Å². The summed E-state index contributed by atoms with van der Waals surface area (Å²) in [4.78, 5) is 25.2. The number of fused-ring (bicyclic) bond motifs is 1. The van der Waals surface area contributed by atoms with Crippen molar-refractivity contribution in [3.05, 3.63) is 74.1 Å². The van der Waals surface area contributed by atoms with Crippen molar-refractivity contribution in [1.29, 1.82) is 0 Å². The summed E-state index contributed by atoms with van der Waals surface area (Å²) in [7, 11) is 2.55. The molecule has 0 spiro atoms. The molecule has 0 unspecified atom stereocenters. The zero-order valence-electron chi connectivity index (χ0n) is 17.6. The molecule has 10 heteroatoms. The van der Waals surface area contributed by atoms with Gasteiger partial charge < -0.3 is 4.74 Å². The lowest BCUT2D eigenvalue weighted by Gasteiger charge is -2.14. The smallest absolute Gasteiger partial charge is 0.431 e. The molecule has 4 rings (SSSR count). The average Bonchev–Trinajstić information content (AvgIpc) is 3.15. The summed E-state index contributed by atoms with van der Waals surface area (Å²) in [6, 6.07) is 9.02. The minimum atomic E-state index is -4.82. The number of hydrogen-bond donors (Lipinski definition) is 0. The second-order valence-electron chi connectivity index (χ2n) is 7.34. The molecule has 166 valence electrons. The van der Waals surface area contributed by atoms with Crippen molar-refractivity contribution in [2.45, 2.75) is 20.0 Å². The average molecular weight is 461 g/mol. The molecule has 0 radical (unpaired) electrons. The number of rotatable bonds is 3. The first kappa shape index (κ1) is 21.8. The molecular formula is C22H18F3N3O3S. The summed E-state index contributed by atoms with van der Waals surface area (Å²) >= 11 is 1.23. The molecule has 0 atom stereocenters. The fourth-order valence-corrected chi connectivity index (χ4v) is 4.40. The minimum absolute atomic E-state index is 0.154. The van der Waals surface area contributed by atoms with Gasteiger partial charge in [0.15, 0.2) is 0 Å². The van der Waals surface area contributed by atoms with E-state index in [9.17, 15) is 22.8 Å². The van der Waals surface area contributed by atoms with Gasteiger partial charge in [0.1, 0.15) is 11.4 Å². The van der Waals surface area contributed by atoms with Crippen LogP contribution in [0.1, 0.15) is 16.8 Å². The maximum Gasteiger partial charge on any atom is 0.431 e. The molecule has 0 fully saturated rings. The van der Waals surface area contributed by atoms with E-state index in [2.05, 4.69) is 4.37 Å². The van der Waals surface area contributed by atoms with E-state index in [4.69, 9.17) is 4.74 Å². The van der Waals surface area contributed by atoms with Gasteiger partial charge in [-0.05, 0) is 60.8 Å². The molecule has 32 heavy (non-hydrogen) atoms. The first-order valence-electron chi connectivity index (χ1n) is 9.49. The Labute approximate surface area is 184 Å². The Kier molecular flexibility index (Phi) is 5.20. The summed E-state index contributed by atoms with van der Waals surface area (Å²) in [5.41, 5.74) is 0.0469. The highest BCUT2D eigenvalue weighted by molar-refractivity contribution is 7.13. The summed E-state index contributed by atoms with van der Waals surface area (Å²) < 4.78 is 51.5. The van der Waals surface area contributed by atoms with Crippen LogP contribution < -0.4 is 16.0 Å². The molecule has 0 amide bonds. The van der Waals surface area contributed by atoms with E-state index in [1.54, 1.807) is 19.2 Å². The van der Waals surface area contributed by atoms with Crippen LogP contribution >= 0.6 is 11.5 Å². The largest absolute Gasteiger partial charge is 0.496 e. The van der Waals surface area contributed by atoms with Gasteiger partial charge in [-0.15, -0.1) is 0 Å². The van der Waals surface area contributed by atoms with Crippen LogP contribution in [0.4, 0.5) is 13.2 Å². The quantitative estimate of drug-likeness (QED) is 0.452. The predicted octanol–water partition coefficient (Wildman–Crippen LogP) is 4.46. The Morgan fingerprint density at radius 3 is 2.44 bits per heavy atom. The standard InChI is InChI=1S/C22H18F3N3O3S/c1-11-5-7-14(20(31-4)12(11)2)19-15-9-13(6-8-16(15)32-26-19)28-18(29)10-17(22(23,24)25)27(3)21(28)30/h5-10H,1-4H3. The van der Waals surface area contributed by atoms with Crippen molar-refractivity contribution >= 4 is 21.6 Å². The number of alkyl halides is 3. The van der Waals surface area contributed by atoms with Gasteiger partial charge in [-0.3, -0.25) is 9.36 Å². The minimum Gasteiger partial charge on any atom is -0.496 e. The molecule has 0 aliphatic carbocycles. The molecule has 0 saturated heterocycles. The maximum atomic E-state index is 13.2. The lowest BCUT2D eigenvalue weighted by molar-refractivity contribution is -0.144. The van der Waals surface area contributed by atoms with Gasteiger partial charge in [0.25, 0.3) is 5.56 Å². The van der Waals surface area contributed by atoms with E-state index < -0.39 is 23.1 Å². The van der Waals surface area contributed by atoms with Gasteiger partial charge in [0.2, 0.25) is 0 Å². The third-order valence-corrected chi connectivity index (χ3v) is 6.28. The van der Waals surface area contributed by atoms with Crippen LogP contribution in [0.15, 0.2) is 46.0 Å². The van der Waals surface area contributed by atoms with Crippen molar-refractivity contribution in [1.82, 2.24) is 13.5 Å². The van der Waals surface area contributed by atoms with Crippen molar-refractivity contribution in [2.24, 2.45) is 7.05 Å². The lowest BCUT2D eigenvalue weighted by Crippen LogP contribution is -2.40. The number of halogens is 3. The van der Waals surface area contributed by atoms with E-state index in [0.717, 1.165) is 28.4 Å². The van der Waals surface area contributed by atoms with Crippen molar-refractivity contribution in [2.75, 3.05) is 7.11 Å². The van der Waals surface area contributed by atoms with Gasteiger partial charge >= 0.3 is 11.9 Å². The Bertz CT molecular complexity index is 1480. The van der Waals surface area contributed by atoms with Gasteiger partial charge in [0.05, 0.1) is 23.2 Å². The molecule has 0 aliphatic heterocycles. The van der Waals surface area contributed by atoms with E-state index in [1.165, 1.54) is 17.6 Å². The third-order valence-electron chi connectivity index (χ3n) is 5.46. The lowest BCUT2D eigenvalue weighted by atomic mass is 10.00. The van der Waals surface area contributed by atoms with Crippen molar-refractivity contribution < 1.29 is 17.9 Å². The molecule has 0 aliphatic rings. The fourth-order valence-electron chi connectivity index (χ4n) is 3.63. The molecule has 2 aromatic heterocycles. The summed E-state index contributed by atoms with van der Waals surface area (Å²) in [5.74, 6) is 0.658. The van der Waals surface area contributed by atoms with Crippen LogP contribution in [0.2, 0.25) is 0 Å². The molecule has 4 aromatic rings. The first-order valence-corrected chi connectivity index (χ1v) is 10.3. The molecular weight excluding hydrogens is 443 g/mol. The number of aromatic nitrogens is 3. The monoisotopic (exact) mass is 461 g/mol. The van der Waals surface area contributed by atoms with Crippen LogP contribution in [0.25, 0.3) is 27.0 Å². The molecule has 2 heterocycles. The number of ether oxygens (including phenoxy) is 1. The second kappa shape index (κ2) is 7.63. The summed E-state index contributed by atoms with van der Waals surface area (Å²) in [6.07, 6.45) is -4.82. The molecule has 0 N–H and O–H groups in total. The van der Waals surface area contributed by atoms with E-state index >= 15 is 0 Å². The Balaban J connectivity index is 1.97. The van der Waals surface area contributed by atoms with Crippen LogP contribution in [-0.2, 0) is 13.2 Å². The zero-order valence-corrected chi connectivity index (χ0v) is 18.4. The van der Waals surface area contributed by atoms with Crippen molar-refractivity contribution in [3.63, 3.8) is 0 Å². The van der Waals surface area contributed by atoms with Gasteiger partial charge in [-0.2, -0.15) is 17.5 Å². The molecule has 0 saturated carbocycles. The zero-order chi connectivity index (χ0) is 23.4. The van der Waals surface area contributed by atoms with E-state index in [1.807, 2.05) is 26.0 Å². The topological polar surface area (TPSA) is 66.1 Å². The van der Waals surface area contributed by atoms with E-state index in [0.29, 0.717) is 32.0 Å². The normalized spacial score (nSPS) is 11.8. The third kappa shape index (κ3) is 3.40. The highest BCUT2D eigenvalue weighted by atomic mass is 32.1. The predicted molar refractivity (Wildman–Crippen MR) is 117 cm³/mol. The molecule has 0 bridgehead atoms. The van der Waals surface area contributed by atoms with Crippen LogP contribution in [0.3, 0.4) is 0 Å². The van der Waals surface area contributed by atoms with Gasteiger partial charge in [-0.25, -0.2) is 9.36 Å².